The molecule has 1 saturated heterocycles. The van der Waals surface area contributed by atoms with Crippen LogP contribution in [0.5, 0.6) is 17.2 Å². The van der Waals surface area contributed by atoms with Gasteiger partial charge in [-0.05, 0) is 60.9 Å². The number of aromatic nitrogens is 1. The molecule has 3 aromatic carbocycles. The molecule has 0 aliphatic carbocycles. The van der Waals surface area contributed by atoms with Crippen molar-refractivity contribution >= 4 is 28.6 Å². The van der Waals surface area contributed by atoms with Crippen LogP contribution in [0.25, 0.3) is 10.9 Å². The lowest BCUT2D eigenvalue weighted by atomic mass is 9.94. The molecule has 1 aromatic heterocycles. The van der Waals surface area contributed by atoms with Crippen molar-refractivity contribution in [3.8, 4) is 17.2 Å². The third-order valence-corrected chi connectivity index (χ3v) is 8.39. The Hall–Kier alpha value is -5.12. The highest BCUT2D eigenvalue weighted by atomic mass is 16.7. The van der Waals surface area contributed by atoms with Gasteiger partial charge < -0.3 is 29.3 Å². The first-order chi connectivity index (χ1) is 21.5. The fourth-order valence-electron chi connectivity index (χ4n) is 6.12. The molecule has 2 bridgehead atoms. The molecule has 2 atom stereocenters. The third-order valence-electron chi connectivity index (χ3n) is 8.39. The number of benzene rings is 3. The second-order valence-electron chi connectivity index (χ2n) is 11.3. The third kappa shape index (κ3) is 5.62. The molecule has 3 amide bonds. The standard InChI is InChI=1S/C34H32N4O6/c39-32-20-37(33(40)24-11-13-30-31(17-24)44-21-43-30)14-3-4-15-42-25-8-5-7-23(16-25)26-18-38(19-29(26)36-32)34(41)28-12-10-22-6-1-2-9-27(22)35-28/h1-2,5-13,16-17,26,29H,3-4,14-15,18-21H2,(H,36,39)/t26-,29+/m1/s1. The van der Waals surface area contributed by atoms with Crippen molar-refractivity contribution in [3.05, 3.63) is 95.7 Å². The number of para-hydroxylation sites is 1. The average molecular weight is 593 g/mol. The Labute approximate surface area is 254 Å². The van der Waals surface area contributed by atoms with Crippen molar-refractivity contribution in [3.63, 3.8) is 0 Å². The van der Waals surface area contributed by atoms with E-state index in [1.54, 1.807) is 34.1 Å². The number of carbonyl (C=O) groups is 3. The smallest absolute Gasteiger partial charge is 0.272 e. The minimum Gasteiger partial charge on any atom is -0.494 e. The Balaban J connectivity index is 1.14. The maximum Gasteiger partial charge on any atom is 0.272 e. The Morgan fingerprint density at radius 1 is 0.818 bits per heavy atom. The van der Waals surface area contributed by atoms with Crippen LogP contribution in [-0.4, -0.2) is 78.1 Å². The van der Waals surface area contributed by atoms with E-state index in [0.717, 1.165) is 22.2 Å². The summed E-state index contributed by atoms with van der Waals surface area (Å²) < 4.78 is 16.9. The second-order valence-corrected chi connectivity index (χ2v) is 11.3. The van der Waals surface area contributed by atoms with E-state index in [2.05, 4.69) is 10.3 Å². The molecule has 0 radical (unpaired) electrons. The highest BCUT2D eigenvalue weighted by molar-refractivity contribution is 5.97. The Kier molecular flexibility index (Phi) is 7.47. The molecule has 3 aliphatic heterocycles. The van der Waals surface area contributed by atoms with Gasteiger partial charge in [0.25, 0.3) is 11.8 Å². The van der Waals surface area contributed by atoms with Crippen LogP contribution in [0, 0.1) is 0 Å². The van der Waals surface area contributed by atoms with Gasteiger partial charge in [0.1, 0.15) is 11.4 Å². The van der Waals surface area contributed by atoms with Crippen molar-refractivity contribution in [2.24, 2.45) is 0 Å². The SMILES string of the molecule is O=C1CN(C(=O)c2ccc3c(c2)OCO3)CCCCOc2cccc(c2)[C@H]2CN(C(=O)c3ccc4ccccc4n3)C[C@@H]2N1. The summed E-state index contributed by atoms with van der Waals surface area (Å²) in [5, 5.41) is 4.11. The Bertz CT molecular complexity index is 1740. The van der Waals surface area contributed by atoms with E-state index >= 15 is 0 Å². The lowest BCUT2D eigenvalue weighted by Gasteiger charge is -2.26. The highest BCUT2D eigenvalue weighted by Crippen LogP contribution is 2.33. The summed E-state index contributed by atoms with van der Waals surface area (Å²) >= 11 is 0. The van der Waals surface area contributed by atoms with Crippen molar-refractivity contribution in [1.82, 2.24) is 20.1 Å². The van der Waals surface area contributed by atoms with Crippen LogP contribution in [0.2, 0.25) is 0 Å². The molecule has 3 aliphatic rings. The molecule has 1 N–H and O–H groups in total. The Morgan fingerprint density at radius 3 is 2.64 bits per heavy atom. The van der Waals surface area contributed by atoms with Crippen LogP contribution >= 0.6 is 0 Å². The maximum atomic E-state index is 13.7. The number of hydrogen-bond donors (Lipinski definition) is 1. The number of hydrogen-bond acceptors (Lipinski definition) is 7. The van der Waals surface area contributed by atoms with Gasteiger partial charge in [-0.15, -0.1) is 0 Å². The van der Waals surface area contributed by atoms with Crippen LogP contribution in [0.4, 0.5) is 0 Å². The van der Waals surface area contributed by atoms with E-state index in [4.69, 9.17) is 14.2 Å². The van der Waals surface area contributed by atoms with Gasteiger partial charge >= 0.3 is 0 Å². The number of likely N-dealkylation sites (tertiary alicyclic amines) is 1. The minimum absolute atomic E-state index is 0.111. The predicted molar refractivity (Wildman–Crippen MR) is 162 cm³/mol. The summed E-state index contributed by atoms with van der Waals surface area (Å²) in [7, 11) is 0. The van der Waals surface area contributed by atoms with Crippen LogP contribution in [0.15, 0.2) is 78.9 Å². The Morgan fingerprint density at radius 2 is 1.70 bits per heavy atom. The van der Waals surface area contributed by atoms with E-state index in [1.165, 1.54) is 0 Å². The normalized spacial score (nSPS) is 20.0. The number of amides is 3. The second kappa shape index (κ2) is 11.9. The zero-order chi connectivity index (χ0) is 30.0. The molecule has 0 saturated carbocycles. The first-order valence-corrected chi connectivity index (χ1v) is 14.9. The molecule has 7 rings (SSSR count). The number of carbonyl (C=O) groups excluding carboxylic acids is 3. The molecule has 224 valence electrons. The number of fused-ring (bicyclic) bond motifs is 6. The molecule has 10 nitrogen and oxygen atoms in total. The van der Waals surface area contributed by atoms with Gasteiger partial charge in [-0.1, -0.05) is 36.4 Å². The van der Waals surface area contributed by atoms with Crippen molar-refractivity contribution in [1.29, 1.82) is 0 Å². The summed E-state index contributed by atoms with van der Waals surface area (Å²) in [6.07, 6.45) is 1.38. The van der Waals surface area contributed by atoms with E-state index in [-0.39, 0.29) is 43.0 Å². The molecular formula is C34H32N4O6. The summed E-state index contributed by atoms with van der Waals surface area (Å²) in [6.45, 7) is 1.58. The van der Waals surface area contributed by atoms with Crippen LogP contribution in [-0.2, 0) is 4.79 Å². The quantitative estimate of drug-likeness (QED) is 0.375. The van der Waals surface area contributed by atoms with Crippen molar-refractivity contribution in [2.75, 3.05) is 39.6 Å². The molecule has 0 unspecified atom stereocenters. The lowest BCUT2D eigenvalue weighted by molar-refractivity contribution is -0.122. The van der Waals surface area contributed by atoms with Crippen LogP contribution in [0.1, 0.15) is 45.2 Å². The van der Waals surface area contributed by atoms with Gasteiger partial charge in [-0.2, -0.15) is 0 Å². The summed E-state index contributed by atoms with van der Waals surface area (Å²) in [4.78, 5) is 48.7. The first kappa shape index (κ1) is 27.7. The van der Waals surface area contributed by atoms with Gasteiger partial charge in [-0.3, -0.25) is 14.4 Å². The highest BCUT2D eigenvalue weighted by Gasteiger charge is 2.38. The zero-order valence-electron chi connectivity index (χ0n) is 24.1. The van der Waals surface area contributed by atoms with Gasteiger partial charge in [-0.25, -0.2) is 4.98 Å². The number of ether oxygens (including phenoxy) is 3. The fraction of sp³-hybridized carbons (Fsp3) is 0.294. The molecule has 4 heterocycles. The molecular weight excluding hydrogens is 560 g/mol. The number of pyridine rings is 1. The van der Waals surface area contributed by atoms with E-state index in [1.807, 2.05) is 54.6 Å². The maximum absolute atomic E-state index is 13.7. The van der Waals surface area contributed by atoms with Gasteiger partial charge in [0.2, 0.25) is 12.7 Å². The topological polar surface area (TPSA) is 110 Å². The van der Waals surface area contributed by atoms with Crippen molar-refractivity contribution < 1.29 is 28.6 Å². The van der Waals surface area contributed by atoms with Crippen molar-refractivity contribution in [2.45, 2.75) is 24.8 Å². The fourth-order valence-corrected chi connectivity index (χ4v) is 6.12. The molecule has 44 heavy (non-hydrogen) atoms. The monoisotopic (exact) mass is 592 g/mol. The van der Waals surface area contributed by atoms with E-state index in [0.29, 0.717) is 61.8 Å². The van der Waals surface area contributed by atoms with E-state index < -0.39 is 0 Å². The van der Waals surface area contributed by atoms with Crippen LogP contribution in [0.3, 0.4) is 0 Å². The zero-order valence-corrected chi connectivity index (χ0v) is 24.1. The van der Waals surface area contributed by atoms with Gasteiger partial charge in [0.15, 0.2) is 11.5 Å². The largest absolute Gasteiger partial charge is 0.494 e. The van der Waals surface area contributed by atoms with E-state index in [9.17, 15) is 14.4 Å². The predicted octanol–water partition coefficient (Wildman–Crippen LogP) is 4.00. The number of nitrogens with one attached hydrogen (secondary N) is 1. The molecule has 4 aromatic rings. The summed E-state index contributed by atoms with van der Waals surface area (Å²) in [6, 6.07) is 23.9. The minimum atomic E-state index is -0.368. The van der Waals surface area contributed by atoms with Crippen LogP contribution < -0.4 is 19.5 Å². The molecule has 0 spiro atoms. The summed E-state index contributed by atoms with van der Waals surface area (Å²) in [5.41, 5.74) is 2.51. The van der Waals surface area contributed by atoms with Gasteiger partial charge in [0, 0.05) is 36.5 Å². The number of rotatable bonds is 2. The molecule has 1 fully saturated rings. The average Bonchev–Trinajstić information content (AvgIpc) is 3.70. The van der Waals surface area contributed by atoms with Gasteiger partial charge in [0.05, 0.1) is 24.7 Å². The molecule has 10 heteroatoms. The summed E-state index contributed by atoms with van der Waals surface area (Å²) in [5.74, 6) is 0.923. The first-order valence-electron chi connectivity index (χ1n) is 14.9. The lowest BCUT2D eigenvalue weighted by Crippen LogP contribution is -2.47. The number of nitrogens with zero attached hydrogens (tertiary/aromatic N) is 3.